The molecule has 0 aliphatic heterocycles. The van der Waals surface area contributed by atoms with Crippen LogP contribution in [-0.2, 0) is 5.11 Å². The van der Waals surface area contributed by atoms with Crippen LogP contribution in [0.4, 0.5) is 0 Å². The van der Waals surface area contributed by atoms with Gasteiger partial charge in [0.1, 0.15) is 0 Å². The smallest absolute Gasteiger partial charge is 0.251 e. The highest BCUT2D eigenvalue weighted by atomic mass is 16.3. The zero-order valence-corrected chi connectivity index (χ0v) is 10.8. The molecular formula is C15H16NO2. The lowest BCUT2D eigenvalue weighted by molar-refractivity contribution is 0.0919. The Balaban J connectivity index is 2.44. The highest BCUT2D eigenvalue weighted by Crippen LogP contribution is 2.27. The summed E-state index contributed by atoms with van der Waals surface area (Å²) in [6, 6.07) is 10.4. The first-order chi connectivity index (χ1) is 8.37. The summed E-state index contributed by atoms with van der Waals surface area (Å²) >= 11 is 0. The van der Waals surface area contributed by atoms with Gasteiger partial charge in [-0.3, -0.25) is 9.90 Å². The molecule has 0 spiro atoms. The number of carbonyl (C=O) groups is 1. The van der Waals surface area contributed by atoms with Gasteiger partial charge in [-0.1, -0.05) is 24.3 Å². The fraction of sp³-hybridized carbons (Fsp3) is 0.267. The molecule has 3 heteroatoms. The summed E-state index contributed by atoms with van der Waals surface area (Å²) in [5, 5.41) is 16.2. The van der Waals surface area contributed by atoms with E-state index in [0.717, 1.165) is 5.39 Å². The summed E-state index contributed by atoms with van der Waals surface area (Å²) in [6.45, 7) is 5.72. The van der Waals surface area contributed by atoms with E-state index in [1.165, 1.54) is 6.07 Å². The fourth-order valence-corrected chi connectivity index (χ4v) is 1.82. The first-order valence-electron chi connectivity index (χ1n) is 5.89. The number of amides is 1. The Labute approximate surface area is 106 Å². The van der Waals surface area contributed by atoms with E-state index < -0.39 is 0 Å². The van der Waals surface area contributed by atoms with Gasteiger partial charge in [0.05, 0.1) is 0 Å². The Bertz CT molecular complexity index is 597. The summed E-state index contributed by atoms with van der Waals surface area (Å²) < 4.78 is 0. The number of rotatable bonds is 1. The van der Waals surface area contributed by atoms with Crippen molar-refractivity contribution in [3.8, 4) is 5.75 Å². The number of hydrogen-bond donors (Lipinski definition) is 1. The maximum absolute atomic E-state index is 12.0. The Kier molecular flexibility index (Phi) is 2.99. The number of carbonyl (C=O) groups excluding carboxylic acids is 1. The van der Waals surface area contributed by atoms with Crippen molar-refractivity contribution in [3.05, 3.63) is 42.0 Å². The molecule has 0 aliphatic rings. The molecule has 0 atom stereocenters. The lowest BCUT2D eigenvalue weighted by Crippen LogP contribution is -2.40. The minimum Gasteiger partial charge on any atom is -0.347 e. The quantitative estimate of drug-likeness (QED) is 0.817. The van der Waals surface area contributed by atoms with Gasteiger partial charge in [0.15, 0.2) is 5.75 Å². The SMILES string of the molecule is CC(C)(C)NC(=O)c1cc([O])c2ccccc2c1. The third-order valence-electron chi connectivity index (χ3n) is 2.57. The van der Waals surface area contributed by atoms with Crippen molar-refractivity contribution >= 4 is 16.7 Å². The molecule has 2 aromatic rings. The van der Waals surface area contributed by atoms with Gasteiger partial charge >= 0.3 is 0 Å². The Morgan fingerprint density at radius 1 is 1.11 bits per heavy atom. The van der Waals surface area contributed by atoms with Crippen LogP contribution < -0.4 is 5.32 Å². The van der Waals surface area contributed by atoms with Crippen molar-refractivity contribution in [2.75, 3.05) is 0 Å². The molecule has 1 amide bonds. The van der Waals surface area contributed by atoms with Crippen molar-refractivity contribution in [3.63, 3.8) is 0 Å². The molecule has 3 nitrogen and oxygen atoms in total. The van der Waals surface area contributed by atoms with Gasteiger partial charge in [-0.05, 0) is 38.3 Å². The molecule has 2 aromatic carbocycles. The molecule has 0 fully saturated rings. The molecule has 93 valence electrons. The van der Waals surface area contributed by atoms with Crippen LogP contribution in [0.25, 0.3) is 10.8 Å². The molecule has 1 N–H and O–H groups in total. The summed E-state index contributed by atoms with van der Waals surface area (Å²) in [5.41, 5.74) is 0.0970. The van der Waals surface area contributed by atoms with E-state index in [4.69, 9.17) is 0 Å². The minimum absolute atomic E-state index is 0.118. The number of nitrogens with one attached hydrogen (secondary N) is 1. The minimum atomic E-state index is -0.314. The van der Waals surface area contributed by atoms with Crippen LogP contribution in [-0.4, -0.2) is 11.4 Å². The molecule has 2 rings (SSSR count). The molecule has 1 radical (unpaired) electrons. The van der Waals surface area contributed by atoms with Crippen molar-refractivity contribution in [2.24, 2.45) is 0 Å². The predicted octanol–water partition coefficient (Wildman–Crippen LogP) is 3.51. The summed E-state index contributed by atoms with van der Waals surface area (Å²) in [7, 11) is 0. The maximum Gasteiger partial charge on any atom is 0.251 e. The number of fused-ring (bicyclic) bond motifs is 1. The van der Waals surface area contributed by atoms with Crippen molar-refractivity contribution in [1.82, 2.24) is 5.32 Å². The molecule has 0 heterocycles. The van der Waals surface area contributed by atoms with E-state index in [2.05, 4.69) is 5.32 Å². The predicted molar refractivity (Wildman–Crippen MR) is 71.3 cm³/mol. The number of benzene rings is 2. The van der Waals surface area contributed by atoms with Gasteiger partial charge in [0.2, 0.25) is 0 Å². The average molecular weight is 242 g/mol. The third kappa shape index (κ3) is 2.62. The second-order valence-corrected chi connectivity index (χ2v) is 5.40. The Morgan fingerprint density at radius 3 is 2.44 bits per heavy atom. The number of hydrogen-bond acceptors (Lipinski definition) is 1. The van der Waals surface area contributed by atoms with Crippen LogP contribution in [0.2, 0.25) is 0 Å². The lowest BCUT2D eigenvalue weighted by atomic mass is 10.0. The lowest BCUT2D eigenvalue weighted by Gasteiger charge is -2.20. The van der Waals surface area contributed by atoms with E-state index in [1.54, 1.807) is 12.1 Å². The van der Waals surface area contributed by atoms with Gasteiger partial charge in [0.25, 0.3) is 5.91 Å². The Hall–Kier alpha value is -2.03. The first kappa shape index (κ1) is 12.4. The first-order valence-corrected chi connectivity index (χ1v) is 5.89. The van der Waals surface area contributed by atoms with Gasteiger partial charge in [0, 0.05) is 16.5 Å². The monoisotopic (exact) mass is 242 g/mol. The van der Waals surface area contributed by atoms with E-state index in [9.17, 15) is 9.90 Å². The fourth-order valence-electron chi connectivity index (χ4n) is 1.82. The summed E-state index contributed by atoms with van der Waals surface area (Å²) in [5.74, 6) is -0.336. The topological polar surface area (TPSA) is 49.0 Å². The van der Waals surface area contributed by atoms with Gasteiger partial charge in [-0.15, -0.1) is 0 Å². The van der Waals surface area contributed by atoms with Crippen LogP contribution in [0.1, 0.15) is 31.1 Å². The van der Waals surface area contributed by atoms with E-state index in [0.29, 0.717) is 10.9 Å². The average Bonchev–Trinajstić information content (AvgIpc) is 2.26. The normalized spacial score (nSPS) is 11.5. The van der Waals surface area contributed by atoms with Crippen LogP contribution in [0.5, 0.6) is 5.75 Å². The van der Waals surface area contributed by atoms with Crippen molar-refractivity contribution in [2.45, 2.75) is 26.3 Å². The molecule has 0 aliphatic carbocycles. The van der Waals surface area contributed by atoms with Crippen LogP contribution in [0, 0.1) is 0 Å². The zero-order valence-electron chi connectivity index (χ0n) is 10.8. The highest BCUT2D eigenvalue weighted by molar-refractivity contribution is 6.00. The molecule has 0 aromatic heterocycles. The molecule has 0 saturated heterocycles. The van der Waals surface area contributed by atoms with Gasteiger partial charge in [-0.25, -0.2) is 0 Å². The Morgan fingerprint density at radius 2 is 1.78 bits per heavy atom. The van der Waals surface area contributed by atoms with Crippen molar-refractivity contribution in [1.29, 1.82) is 0 Å². The van der Waals surface area contributed by atoms with Gasteiger partial charge < -0.3 is 5.32 Å². The highest BCUT2D eigenvalue weighted by Gasteiger charge is 2.16. The molecule has 0 unspecified atom stereocenters. The van der Waals surface area contributed by atoms with E-state index in [1.807, 2.05) is 39.0 Å². The molecule has 0 saturated carbocycles. The third-order valence-corrected chi connectivity index (χ3v) is 2.57. The maximum atomic E-state index is 12.0. The van der Waals surface area contributed by atoms with E-state index in [-0.39, 0.29) is 17.2 Å². The van der Waals surface area contributed by atoms with Crippen LogP contribution in [0.15, 0.2) is 36.4 Å². The van der Waals surface area contributed by atoms with Crippen molar-refractivity contribution < 1.29 is 9.90 Å². The largest absolute Gasteiger partial charge is 0.347 e. The summed E-state index contributed by atoms with van der Waals surface area (Å²) in [6.07, 6.45) is 0. The molecular weight excluding hydrogens is 226 g/mol. The van der Waals surface area contributed by atoms with E-state index >= 15 is 0 Å². The van der Waals surface area contributed by atoms with Crippen LogP contribution in [0.3, 0.4) is 0 Å². The second-order valence-electron chi connectivity index (χ2n) is 5.40. The standard InChI is InChI=1S/C15H16NO2/c1-15(2,3)16-14(18)11-8-10-6-4-5-7-12(10)13(17)9-11/h4-9H,1-3H3,(H,16,18). The van der Waals surface area contributed by atoms with Crippen LogP contribution >= 0.6 is 0 Å². The second kappa shape index (κ2) is 4.33. The zero-order chi connectivity index (χ0) is 13.3. The molecule has 18 heavy (non-hydrogen) atoms. The summed E-state index contributed by atoms with van der Waals surface area (Å²) in [4.78, 5) is 12.0. The molecule has 0 bridgehead atoms. The van der Waals surface area contributed by atoms with Gasteiger partial charge in [-0.2, -0.15) is 0 Å².